The van der Waals surface area contributed by atoms with Crippen molar-refractivity contribution in [2.24, 2.45) is 5.73 Å². The summed E-state index contributed by atoms with van der Waals surface area (Å²) in [7, 11) is 0. The SMILES string of the molecule is CCOc1ccc(NCC(N)=S)cc1. The Labute approximate surface area is 89.3 Å². The Balaban J connectivity index is 2.50. The van der Waals surface area contributed by atoms with Gasteiger partial charge in [-0.25, -0.2) is 0 Å². The minimum atomic E-state index is 0.457. The predicted molar refractivity (Wildman–Crippen MR) is 62.9 cm³/mol. The average Bonchev–Trinajstić information content (AvgIpc) is 2.17. The van der Waals surface area contributed by atoms with Crippen LogP contribution in [0.4, 0.5) is 5.69 Å². The van der Waals surface area contributed by atoms with E-state index in [1.54, 1.807) is 0 Å². The second-order valence-corrected chi connectivity index (χ2v) is 3.30. The van der Waals surface area contributed by atoms with Gasteiger partial charge in [0.05, 0.1) is 18.1 Å². The van der Waals surface area contributed by atoms with Crippen molar-refractivity contribution < 1.29 is 4.74 Å². The molecule has 0 bridgehead atoms. The molecule has 1 rings (SSSR count). The number of hydrogen-bond acceptors (Lipinski definition) is 3. The molecule has 0 saturated heterocycles. The molecule has 0 aliphatic carbocycles. The molecule has 0 aliphatic heterocycles. The maximum absolute atomic E-state index is 5.36. The number of nitrogens with two attached hydrogens (primary N) is 1. The molecule has 0 unspecified atom stereocenters. The van der Waals surface area contributed by atoms with Crippen LogP contribution in [0.25, 0.3) is 0 Å². The van der Waals surface area contributed by atoms with E-state index in [0.29, 0.717) is 18.1 Å². The summed E-state index contributed by atoms with van der Waals surface area (Å²) in [6.45, 7) is 3.15. The molecule has 0 fully saturated rings. The smallest absolute Gasteiger partial charge is 0.119 e. The van der Waals surface area contributed by atoms with Crippen molar-refractivity contribution in [1.29, 1.82) is 0 Å². The molecule has 0 amide bonds. The summed E-state index contributed by atoms with van der Waals surface area (Å²) < 4.78 is 5.31. The van der Waals surface area contributed by atoms with Crippen molar-refractivity contribution in [2.75, 3.05) is 18.5 Å². The van der Waals surface area contributed by atoms with Crippen molar-refractivity contribution >= 4 is 22.9 Å². The van der Waals surface area contributed by atoms with Crippen LogP contribution < -0.4 is 15.8 Å². The normalized spacial score (nSPS) is 9.50. The lowest BCUT2D eigenvalue weighted by molar-refractivity contribution is 0.340. The largest absolute Gasteiger partial charge is 0.494 e. The third-order valence-electron chi connectivity index (χ3n) is 1.63. The fraction of sp³-hybridized carbons (Fsp3) is 0.300. The van der Waals surface area contributed by atoms with Gasteiger partial charge in [0.2, 0.25) is 0 Å². The molecule has 0 atom stereocenters. The lowest BCUT2D eigenvalue weighted by Crippen LogP contribution is -2.19. The zero-order valence-corrected chi connectivity index (χ0v) is 8.93. The Bertz CT molecular complexity index is 297. The van der Waals surface area contributed by atoms with Gasteiger partial charge in [0, 0.05) is 5.69 Å². The predicted octanol–water partition coefficient (Wildman–Crippen LogP) is 1.78. The standard InChI is InChI=1S/C10H14N2OS/c1-2-13-9-5-3-8(4-6-9)12-7-10(11)14/h3-6,12H,2,7H2,1H3,(H2,11,14). The van der Waals surface area contributed by atoms with E-state index in [0.717, 1.165) is 11.4 Å². The molecule has 0 radical (unpaired) electrons. The van der Waals surface area contributed by atoms with Gasteiger partial charge in [-0.2, -0.15) is 0 Å². The molecule has 4 heteroatoms. The summed E-state index contributed by atoms with van der Waals surface area (Å²) in [6.07, 6.45) is 0. The lowest BCUT2D eigenvalue weighted by Gasteiger charge is -2.06. The van der Waals surface area contributed by atoms with Crippen LogP contribution in [0.1, 0.15) is 6.92 Å². The van der Waals surface area contributed by atoms with Gasteiger partial charge >= 0.3 is 0 Å². The Kier molecular flexibility index (Phi) is 4.19. The summed E-state index contributed by atoms with van der Waals surface area (Å²) in [5, 5.41) is 3.09. The van der Waals surface area contributed by atoms with Gasteiger partial charge in [0.1, 0.15) is 5.75 Å². The number of anilines is 1. The van der Waals surface area contributed by atoms with Gasteiger partial charge in [0.15, 0.2) is 0 Å². The molecular formula is C10H14N2OS. The third-order valence-corrected chi connectivity index (χ3v) is 1.78. The van der Waals surface area contributed by atoms with Crippen LogP contribution >= 0.6 is 12.2 Å². The van der Waals surface area contributed by atoms with E-state index in [1.165, 1.54) is 0 Å². The quantitative estimate of drug-likeness (QED) is 0.727. The van der Waals surface area contributed by atoms with E-state index in [-0.39, 0.29) is 0 Å². The van der Waals surface area contributed by atoms with Crippen molar-refractivity contribution in [3.63, 3.8) is 0 Å². The molecule has 3 nitrogen and oxygen atoms in total. The molecule has 1 aromatic rings. The highest BCUT2D eigenvalue weighted by Crippen LogP contribution is 2.15. The molecule has 0 spiro atoms. The molecule has 0 heterocycles. The summed E-state index contributed by atoms with van der Waals surface area (Å²) >= 11 is 4.75. The molecule has 0 saturated carbocycles. The first-order valence-electron chi connectivity index (χ1n) is 4.47. The first kappa shape index (κ1) is 10.8. The first-order chi connectivity index (χ1) is 6.72. The van der Waals surface area contributed by atoms with Crippen LogP contribution in [-0.4, -0.2) is 18.1 Å². The maximum Gasteiger partial charge on any atom is 0.119 e. The van der Waals surface area contributed by atoms with E-state index < -0.39 is 0 Å². The first-order valence-corrected chi connectivity index (χ1v) is 4.88. The number of hydrogen-bond donors (Lipinski definition) is 2. The second-order valence-electron chi connectivity index (χ2n) is 2.78. The third kappa shape index (κ3) is 3.62. The number of benzene rings is 1. The summed E-state index contributed by atoms with van der Waals surface area (Å²) in [5.41, 5.74) is 6.35. The van der Waals surface area contributed by atoms with Crippen molar-refractivity contribution in [1.82, 2.24) is 0 Å². The minimum Gasteiger partial charge on any atom is -0.494 e. The van der Waals surface area contributed by atoms with Crippen molar-refractivity contribution in [3.8, 4) is 5.75 Å². The van der Waals surface area contributed by atoms with Crippen LogP contribution in [0.3, 0.4) is 0 Å². The van der Waals surface area contributed by atoms with Gasteiger partial charge in [-0.15, -0.1) is 0 Å². The van der Waals surface area contributed by atoms with Crippen LogP contribution in [0, 0.1) is 0 Å². The van der Waals surface area contributed by atoms with Crippen LogP contribution in [-0.2, 0) is 0 Å². The number of rotatable bonds is 5. The second kappa shape index (κ2) is 5.44. The fourth-order valence-electron chi connectivity index (χ4n) is 1.02. The van der Waals surface area contributed by atoms with E-state index in [2.05, 4.69) is 5.32 Å². The molecule has 14 heavy (non-hydrogen) atoms. The maximum atomic E-state index is 5.36. The van der Waals surface area contributed by atoms with Crippen molar-refractivity contribution in [3.05, 3.63) is 24.3 Å². The van der Waals surface area contributed by atoms with E-state index in [1.807, 2.05) is 31.2 Å². The zero-order valence-electron chi connectivity index (χ0n) is 8.12. The van der Waals surface area contributed by atoms with E-state index in [4.69, 9.17) is 22.7 Å². The molecule has 0 aliphatic rings. The Morgan fingerprint density at radius 1 is 1.43 bits per heavy atom. The molecule has 3 N–H and O–H groups in total. The summed E-state index contributed by atoms with van der Waals surface area (Å²) in [4.78, 5) is 0.457. The van der Waals surface area contributed by atoms with Crippen LogP contribution in [0.5, 0.6) is 5.75 Å². The number of nitrogens with one attached hydrogen (secondary N) is 1. The summed E-state index contributed by atoms with van der Waals surface area (Å²) in [5.74, 6) is 0.869. The Morgan fingerprint density at radius 2 is 2.07 bits per heavy atom. The monoisotopic (exact) mass is 210 g/mol. The molecule has 76 valence electrons. The van der Waals surface area contributed by atoms with Crippen molar-refractivity contribution in [2.45, 2.75) is 6.92 Å². The van der Waals surface area contributed by atoms with Gasteiger partial charge in [-0.05, 0) is 31.2 Å². The topological polar surface area (TPSA) is 47.3 Å². The van der Waals surface area contributed by atoms with Crippen LogP contribution in [0.2, 0.25) is 0 Å². The van der Waals surface area contributed by atoms with E-state index in [9.17, 15) is 0 Å². The zero-order chi connectivity index (χ0) is 10.4. The average molecular weight is 210 g/mol. The summed E-state index contributed by atoms with van der Waals surface area (Å²) in [6, 6.07) is 7.68. The van der Waals surface area contributed by atoms with Crippen LogP contribution in [0.15, 0.2) is 24.3 Å². The molecule has 0 aromatic heterocycles. The van der Waals surface area contributed by atoms with E-state index >= 15 is 0 Å². The molecule has 1 aromatic carbocycles. The van der Waals surface area contributed by atoms with Gasteiger partial charge in [-0.1, -0.05) is 12.2 Å². The highest BCUT2D eigenvalue weighted by atomic mass is 32.1. The Morgan fingerprint density at radius 3 is 2.57 bits per heavy atom. The van der Waals surface area contributed by atoms with Gasteiger partial charge < -0.3 is 15.8 Å². The fourth-order valence-corrected chi connectivity index (χ4v) is 1.10. The minimum absolute atomic E-state index is 0.457. The highest BCUT2D eigenvalue weighted by Gasteiger charge is 1.94. The molecular weight excluding hydrogens is 196 g/mol. The highest BCUT2D eigenvalue weighted by molar-refractivity contribution is 7.80. The van der Waals surface area contributed by atoms with Gasteiger partial charge in [0.25, 0.3) is 0 Å². The Hall–Kier alpha value is -1.29. The lowest BCUT2D eigenvalue weighted by atomic mass is 10.3. The van der Waals surface area contributed by atoms with Gasteiger partial charge in [-0.3, -0.25) is 0 Å². The number of ether oxygens (including phenoxy) is 1. The number of thiocarbonyl (C=S) groups is 1.